The van der Waals surface area contributed by atoms with Crippen LogP contribution in [0.2, 0.25) is 0 Å². The molecule has 0 aliphatic carbocycles. The van der Waals surface area contributed by atoms with Crippen molar-refractivity contribution >= 4 is 69.6 Å². The molecule has 40 heavy (non-hydrogen) atoms. The predicted octanol–water partition coefficient (Wildman–Crippen LogP) is 10.5. The smallest absolute Gasteiger partial charge is 0.0712 e. The summed E-state index contributed by atoms with van der Waals surface area (Å²) in [5, 5.41) is 4.63. The molecule has 6 aromatic carbocycles. The van der Waals surface area contributed by atoms with Crippen molar-refractivity contribution in [3.05, 3.63) is 132 Å². The molecule has 0 saturated carbocycles. The van der Waals surface area contributed by atoms with Crippen LogP contribution in [-0.2, 0) is 0 Å². The molecule has 6 rings (SSSR count). The quantitative estimate of drug-likeness (QED) is 0.157. The first-order valence-electron chi connectivity index (χ1n) is 13.2. The fourth-order valence-corrected chi connectivity index (χ4v) is 6.07. The number of benzene rings is 6. The third-order valence-electron chi connectivity index (χ3n) is 7.21. The third kappa shape index (κ3) is 4.97. The number of aliphatic imine (C=N–C) groups is 2. The molecule has 194 valence electrons. The van der Waals surface area contributed by atoms with Crippen LogP contribution in [0.5, 0.6) is 0 Å². The second-order valence-corrected chi connectivity index (χ2v) is 10.8. The number of hydrogen-bond acceptors (Lipinski definition) is 4. The average Bonchev–Trinajstić information content (AvgIpc) is 2.97. The Hall–Kier alpha value is -4.12. The third-order valence-corrected chi connectivity index (χ3v) is 7.96. The summed E-state index contributed by atoms with van der Waals surface area (Å²) in [5.41, 5.74) is 7.77. The Labute approximate surface area is 246 Å². The summed E-state index contributed by atoms with van der Waals surface area (Å²) in [7, 11) is 0. The average molecular weight is 553 g/mol. The highest BCUT2D eigenvalue weighted by Crippen LogP contribution is 2.38. The van der Waals surface area contributed by atoms with Gasteiger partial charge in [0.05, 0.1) is 11.4 Å². The minimum atomic E-state index is 0.890. The van der Waals surface area contributed by atoms with Gasteiger partial charge in [-0.1, -0.05) is 97.1 Å². The van der Waals surface area contributed by atoms with Crippen molar-refractivity contribution in [1.29, 1.82) is 0 Å². The SMILES string of the molecule is CC(=Nc1ccccc1-c1ccccc1N=C(C)c1c(S)ccc2ccccc12)c1c(S)ccc2ccccc12. The van der Waals surface area contributed by atoms with Crippen molar-refractivity contribution in [2.45, 2.75) is 23.6 Å². The number of hydrogen-bond donors (Lipinski definition) is 2. The van der Waals surface area contributed by atoms with Gasteiger partial charge in [0, 0.05) is 43.5 Å². The van der Waals surface area contributed by atoms with Crippen LogP contribution in [0.1, 0.15) is 25.0 Å². The Morgan fingerprint density at radius 2 is 0.825 bits per heavy atom. The van der Waals surface area contributed by atoms with Gasteiger partial charge >= 0.3 is 0 Å². The van der Waals surface area contributed by atoms with E-state index in [1.165, 1.54) is 10.8 Å². The van der Waals surface area contributed by atoms with E-state index in [1.807, 2.05) is 24.3 Å². The van der Waals surface area contributed by atoms with E-state index in [9.17, 15) is 0 Å². The molecule has 0 heterocycles. The van der Waals surface area contributed by atoms with E-state index in [4.69, 9.17) is 35.2 Å². The van der Waals surface area contributed by atoms with Crippen LogP contribution >= 0.6 is 25.3 Å². The standard InChI is InChI=1S/C36H28N2S2/c1-23(35-27-13-5-3-11-25(27)19-21-33(35)39)37-31-17-9-7-15-29(31)30-16-8-10-18-32(30)38-24(2)36-28-14-6-4-12-26(28)20-22-34(36)40/h3-22,39-40H,1-2H3. The zero-order valence-corrected chi connectivity index (χ0v) is 24.1. The maximum atomic E-state index is 5.16. The van der Waals surface area contributed by atoms with Crippen LogP contribution in [0.4, 0.5) is 11.4 Å². The van der Waals surface area contributed by atoms with E-state index >= 15 is 0 Å². The van der Waals surface area contributed by atoms with Gasteiger partial charge in [-0.05, 0) is 59.7 Å². The van der Waals surface area contributed by atoms with E-state index in [-0.39, 0.29) is 0 Å². The second-order valence-electron chi connectivity index (χ2n) is 9.79. The molecule has 0 saturated heterocycles. The van der Waals surface area contributed by atoms with E-state index < -0.39 is 0 Å². The van der Waals surface area contributed by atoms with Gasteiger partial charge in [-0.25, -0.2) is 0 Å². The van der Waals surface area contributed by atoms with Crippen molar-refractivity contribution in [2.75, 3.05) is 0 Å². The van der Waals surface area contributed by atoms with Crippen molar-refractivity contribution in [3.8, 4) is 11.1 Å². The van der Waals surface area contributed by atoms with Gasteiger partial charge in [-0.15, -0.1) is 25.3 Å². The Morgan fingerprint density at radius 1 is 0.450 bits per heavy atom. The first-order chi connectivity index (χ1) is 19.5. The van der Waals surface area contributed by atoms with Gasteiger partial charge in [0.25, 0.3) is 0 Å². The molecule has 0 amide bonds. The Kier molecular flexibility index (Phi) is 7.29. The van der Waals surface area contributed by atoms with Crippen LogP contribution in [0, 0.1) is 0 Å². The molecular weight excluding hydrogens is 525 g/mol. The van der Waals surface area contributed by atoms with Crippen LogP contribution in [0.25, 0.3) is 32.7 Å². The molecule has 0 unspecified atom stereocenters. The molecule has 0 aromatic heterocycles. The molecule has 6 aromatic rings. The minimum Gasteiger partial charge on any atom is -0.252 e. The number of nitrogens with zero attached hydrogens (tertiary/aromatic N) is 2. The van der Waals surface area contributed by atoms with Gasteiger partial charge < -0.3 is 0 Å². The highest BCUT2D eigenvalue weighted by Gasteiger charge is 2.14. The van der Waals surface area contributed by atoms with E-state index in [0.29, 0.717) is 0 Å². The summed E-state index contributed by atoms with van der Waals surface area (Å²) >= 11 is 9.59. The van der Waals surface area contributed by atoms with E-state index in [1.54, 1.807) is 0 Å². The molecule has 0 atom stereocenters. The molecule has 0 aliphatic rings. The van der Waals surface area contributed by atoms with E-state index in [2.05, 4.69) is 111 Å². The Morgan fingerprint density at radius 3 is 1.27 bits per heavy atom. The minimum absolute atomic E-state index is 0.890. The van der Waals surface area contributed by atoms with Gasteiger partial charge in [0.15, 0.2) is 0 Å². The van der Waals surface area contributed by atoms with Gasteiger partial charge in [0.1, 0.15) is 0 Å². The predicted molar refractivity (Wildman–Crippen MR) is 178 cm³/mol. The lowest BCUT2D eigenvalue weighted by atomic mass is 9.99. The largest absolute Gasteiger partial charge is 0.252 e. The number of para-hydroxylation sites is 2. The first-order valence-corrected chi connectivity index (χ1v) is 14.1. The number of fused-ring (bicyclic) bond motifs is 2. The molecule has 0 spiro atoms. The topological polar surface area (TPSA) is 24.7 Å². The lowest BCUT2D eigenvalue weighted by Gasteiger charge is -2.14. The molecule has 0 fully saturated rings. The lowest BCUT2D eigenvalue weighted by Crippen LogP contribution is -1.99. The molecule has 0 N–H and O–H groups in total. The maximum Gasteiger partial charge on any atom is 0.0712 e. The zero-order chi connectivity index (χ0) is 27.6. The highest BCUT2D eigenvalue weighted by molar-refractivity contribution is 7.80. The second kappa shape index (κ2) is 11.2. The molecule has 0 bridgehead atoms. The number of thiol groups is 2. The fourth-order valence-electron chi connectivity index (χ4n) is 5.35. The molecular formula is C36H28N2S2. The summed E-state index contributed by atoms with van der Waals surface area (Å²) in [6, 6.07) is 41.5. The highest BCUT2D eigenvalue weighted by atomic mass is 32.1. The van der Waals surface area contributed by atoms with Crippen LogP contribution < -0.4 is 0 Å². The van der Waals surface area contributed by atoms with Crippen molar-refractivity contribution in [3.63, 3.8) is 0 Å². The molecule has 0 aliphatic heterocycles. The van der Waals surface area contributed by atoms with Crippen LogP contribution in [0.15, 0.2) is 141 Å². The molecule has 0 radical (unpaired) electrons. The van der Waals surface area contributed by atoms with Gasteiger partial charge in [-0.3, -0.25) is 9.98 Å². The normalized spacial score (nSPS) is 12.3. The maximum absolute atomic E-state index is 5.16. The summed E-state index contributed by atoms with van der Waals surface area (Å²) < 4.78 is 0. The molecule has 4 heteroatoms. The molecule has 2 nitrogen and oxygen atoms in total. The van der Waals surface area contributed by atoms with Gasteiger partial charge in [-0.2, -0.15) is 0 Å². The first kappa shape index (κ1) is 26.1. The van der Waals surface area contributed by atoms with Crippen LogP contribution in [-0.4, -0.2) is 11.4 Å². The Balaban J connectivity index is 1.48. The summed E-state index contributed by atoms with van der Waals surface area (Å²) in [6.07, 6.45) is 0. The van der Waals surface area contributed by atoms with Crippen molar-refractivity contribution in [1.82, 2.24) is 0 Å². The monoisotopic (exact) mass is 552 g/mol. The summed E-state index contributed by atoms with van der Waals surface area (Å²) in [5.74, 6) is 0. The van der Waals surface area contributed by atoms with Crippen LogP contribution in [0.3, 0.4) is 0 Å². The van der Waals surface area contributed by atoms with E-state index in [0.717, 1.165) is 65.6 Å². The summed E-state index contributed by atoms with van der Waals surface area (Å²) in [4.78, 5) is 12.1. The fraction of sp³-hybridized carbons (Fsp3) is 0.0556. The zero-order valence-electron chi connectivity index (χ0n) is 22.3. The van der Waals surface area contributed by atoms with Crippen molar-refractivity contribution < 1.29 is 0 Å². The van der Waals surface area contributed by atoms with Crippen molar-refractivity contribution in [2.24, 2.45) is 9.98 Å². The number of rotatable bonds is 5. The van der Waals surface area contributed by atoms with Gasteiger partial charge in [0.2, 0.25) is 0 Å². The summed E-state index contributed by atoms with van der Waals surface area (Å²) in [6.45, 7) is 4.11. The lowest BCUT2D eigenvalue weighted by molar-refractivity contribution is 1.40. The Bertz CT molecular complexity index is 1810.